The Balaban J connectivity index is 2.82. The summed E-state index contributed by atoms with van der Waals surface area (Å²) >= 11 is 2.32. The molecule has 74 valence electrons. The van der Waals surface area contributed by atoms with Gasteiger partial charge in [0.05, 0.1) is 0 Å². The molecule has 0 saturated carbocycles. The molecule has 0 bridgehead atoms. The minimum atomic E-state index is 0.291. The van der Waals surface area contributed by atoms with Crippen LogP contribution in [-0.2, 0) is 0 Å². The molecule has 0 saturated heterocycles. The van der Waals surface area contributed by atoms with Gasteiger partial charge in [0.25, 0.3) is 0 Å². The number of rotatable bonds is 4. The van der Waals surface area contributed by atoms with Gasteiger partial charge in [-0.25, -0.2) is 0 Å². The summed E-state index contributed by atoms with van der Waals surface area (Å²) < 4.78 is 1.25. The summed E-state index contributed by atoms with van der Waals surface area (Å²) in [6.07, 6.45) is 6.09. The van der Waals surface area contributed by atoms with E-state index in [9.17, 15) is 0 Å². The molecule has 0 aliphatic carbocycles. The summed E-state index contributed by atoms with van der Waals surface area (Å²) in [6, 6.07) is 8.73. The van der Waals surface area contributed by atoms with E-state index < -0.39 is 0 Å². The highest BCUT2D eigenvalue weighted by Gasteiger charge is 2.08. The van der Waals surface area contributed by atoms with Crippen LogP contribution in [0.5, 0.6) is 0 Å². The van der Waals surface area contributed by atoms with Crippen LogP contribution >= 0.6 is 22.6 Å². The molecule has 0 heterocycles. The van der Waals surface area contributed by atoms with E-state index >= 15 is 0 Å². The van der Waals surface area contributed by atoms with Crippen LogP contribution in [0.2, 0.25) is 0 Å². The molecule has 1 nitrogen and oxygen atoms in total. The van der Waals surface area contributed by atoms with E-state index in [1.807, 2.05) is 0 Å². The van der Waals surface area contributed by atoms with E-state index in [1.54, 1.807) is 0 Å². The topological polar surface area (TPSA) is 12.0 Å². The second-order valence-corrected chi connectivity index (χ2v) is 4.32. The quantitative estimate of drug-likeness (QED) is 0.666. The smallest absolute Gasteiger partial charge is 0.0431 e. The molecule has 1 atom stereocenters. The van der Waals surface area contributed by atoms with Gasteiger partial charge in [-0.1, -0.05) is 19.1 Å². The van der Waals surface area contributed by atoms with Crippen LogP contribution in [0.3, 0.4) is 0 Å². The Labute approximate surface area is 99.4 Å². The van der Waals surface area contributed by atoms with Crippen LogP contribution in [0, 0.1) is 15.9 Å². The van der Waals surface area contributed by atoms with Crippen molar-refractivity contribution in [3.63, 3.8) is 0 Å². The van der Waals surface area contributed by atoms with Crippen LogP contribution in [0.1, 0.15) is 24.9 Å². The van der Waals surface area contributed by atoms with Crippen molar-refractivity contribution in [2.24, 2.45) is 0 Å². The maximum Gasteiger partial charge on any atom is 0.0431 e. The summed E-state index contributed by atoms with van der Waals surface area (Å²) in [5, 5.41) is 3.38. The molecule has 0 aromatic heterocycles. The van der Waals surface area contributed by atoms with Crippen molar-refractivity contribution in [3.05, 3.63) is 33.4 Å². The Morgan fingerprint density at radius 3 is 2.93 bits per heavy atom. The lowest BCUT2D eigenvalue weighted by Crippen LogP contribution is -2.20. The SMILES string of the molecule is C#CCC(NCC)c1cccc(I)c1. The number of terminal acetylenes is 1. The summed E-state index contributed by atoms with van der Waals surface area (Å²) in [5.74, 6) is 2.71. The molecule has 0 radical (unpaired) electrons. The van der Waals surface area contributed by atoms with Crippen molar-refractivity contribution in [1.82, 2.24) is 5.32 Å². The Bertz CT molecular complexity index is 327. The first-order valence-electron chi connectivity index (χ1n) is 4.70. The lowest BCUT2D eigenvalue weighted by atomic mass is 10.0. The normalized spacial score (nSPS) is 12.1. The van der Waals surface area contributed by atoms with E-state index in [-0.39, 0.29) is 0 Å². The zero-order valence-corrected chi connectivity index (χ0v) is 10.4. The van der Waals surface area contributed by atoms with Gasteiger partial charge in [-0.15, -0.1) is 12.3 Å². The monoisotopic (exact) mass is 299 g/mol. The van der Waals surface area contributed by atoms with Crippen LogP contribution in [0.25, 0.3) is 0 Å². The summed E-state index contributed by atoms with van der Waals surface area (Å²) in [5.41, 5.74) is 1.27. The molecular formula is C12H14IN. The van der Waals surface area contributed by atoms with E-state index in [0.29, 0.717) is 6.04 Å². The standard InChI is InChI=1S/C12H14IN/c1-3-6-12(14-4-2)10-7-5-8-11(13)9-10/h1,5,7-9,12,14H,4,6H2,2H3. The van der Waals surface area contributed by atoms with Gasteiger partial charge in [-0.3, -0.25) is 0 Å². The van der Waals surface area contributed by atoms with Crippen LogP contribution in [0.4, 0.5) is 0 Å². The minimum Gasteiger partial charge on any atom is -0.309 e. The zero-order valence-electron chi connectivity index (χ0n) is 8.26. The molecule has 0 aliphatic rings. The van der Waals surface area contributed by atoms with Gasteiger partial charge in [0.2, 0.25) is 0 Å². The van der Waals surface area contributed by atoms with Crippen molar-refractivity contribution in [2.45, 2.75) is 19.4 Å². The first-order chi connectivity index (χ1) is 6.77. The number of hydrogen-bond acceptors (Lipinski definition) is 1. The van der Waals surface area contributed by atoms with E-state index in [1.165, 1.54) is 9.13 Å². The Kier molecular flexibility index (Phi) is 4.99. The minimum absolute atomic E-state index is 0.291. The van der Waals surface area contributed by atoms with E-state index in [2.05, 4.69) is 65.0 Å². The number of nitrogens with one attached hydrogen (secondary N) is 1. The zero-order chi connectivity index (χ0) is 10.4. The first kappa shape index (κ1) is 11.5. The Morgan fingerprint density at radius 2 is 2.36 bits per heavy atom. The van der Waals surface area contributed by atoms with Gasteiger partial charge in [0, 0.05) is 16.0 Å². The van der Waals surface area contributed by atoms with Gasteiger partial charge >= 0.3 is 0 Å². The highest BCUT2D eigenvalue weighted by Crippen LogP contribution is 2.18. The largest absolute Gasteiger partial charge is 0.309 e. The lowest BCUT2D eigenvalue weighted by molar-refractivity contribution is 0.565. The van der Waals surface area contributed by atoms with Crippen LogP contribution < -0.4 is 5.32 Å². The van der Waals surface area contributed by atoms with Crippen molar-refractivity contribution in [3.8, 4) is 12.3 Å². The number of halogens is 1. The maximum absolute atomic E-state index is 5.34. The van der Waals surface area contributed by atoms with Gasteiger partial charge in [-0.2, -0.15) is 0 Å². The second-order valence-electron chi connectivity index (χ2n) is 3.07. The van der Waals surface area contributed by atoms with Gasteiger partial charge in [0.1, 0.15) is 0 Å². The summed E-state index contributed by atoms with van der Waals surface area (Å²) in [6.45, 7) is 3.04. The Hall–Kier alpha value is -0.530. The van der Waals surface area contributed by atoms with Gasteiger partial charge in [0.15, 0.2) is 0 Å². The molecule has 0 amide bonds. The molecule has 1 N–H and O–H groups in total. The molecular weight excluding hydrogens is 285 g/mol. The average Bonchev–Trinajstić information content (AvgIpc) is 2.17. The molecule has 0 aliphatic heterocycles. The number of benzene rings is 1. The summed E-state index contributed by atoms with van der Waals surface area (Å²) in [7, 11) is 0. The average molecular weight is 299 g/mol. The van der Waals surface area contributed by atoms with Gasteiger partial charge in [-0.05, 0) is 46.8 Å². The molecule has 14 heavy (non-hydrogen) atoms. The fourth-order valence-electron chi connectivity index (χ4n) is 1.40. The number of hydrogen-bond donors (Lipinski definition) is 1. The van der Waals surface area contributed by atoms with Gasteiger partial charge < -0.3 is 5.32 Å². The fraction of sp³-hybridized carbons (Fsp3) is 0.333. The molecule has 0 fully saturated rings. The summed E-state index contributed by atoms with van der Waals surface area (Å²) in [4.78, 5) is 0. The third-order valence-corrected chi connectivity index (χ3v) is 2.69. The molecule has 2 heteroatoms. The van der Waals surface area contributed by atoms with Crippen LogP contribution in [0.15, 0.2) is 24.3 Å². The third-order valence-electron chi connectivity index (χ3n) is 2.02. The predicted octanol–water partition coefficient (Wildman–Crippen LogP) is 2.97. The van der Waals surface area contributed by atoms with Crippen molar-refractivity contribution in [2.75, 3.05) is 6.54 Å². The first-order valence-corrected chi connectivity index (χ1v) is 5.78. The van der Waals surface area contributed by atoms with Crippen molar-refractivity contribution in [1.29, 1.82) is 0 Å². The van der Waals surface area contributed by atoms with Crippen LogP contribution in [-0.4, -0.2) is 6.54 Å². The maximum atomic E-state index is 5.34. The van der Waals surface area contributed by atoms with E-state index in [4.69, 9.17) is 6.42 Å². The molecule has 1 rings (SSSR count). The fourth-order valence-corrected chi connectivity index (χ4v) is 1.96. The molecule has 1 unspecified atom stereocenters. The molecule has 1 aromatic carbocycles. The van der Waals surface area contributed by atoms with Crippen molar-refractivity contribution < 1.29 is 0 Å². The van der Waals surface area contributed by atoms with Crippen molar-refractivity contribution >= 4 is 22.6 Å². The third kappa shape index (κ3) is 3.32. The Morgan fingerprint density at radius 1 is 1.57 bits per heavy atom. The predicted molar refractivity (Wildman–Crippen MR) is 69.0 cm³/mol. The lowest BCUT2D eigenvalue weighted by Gasteiger charge is -2.15. The second kappa shape index (κ2) is 6.05. The molecule has 0 spiro atoms. The highest BCUT2D eigenvalue weighted by molar-refractivity contribution is 14.1. The highest BCUT2D eigenvalue weighted by atomic mass is 127. The molecule has 1 aromatic rings. The van der Waals surface area contributed by atoms with E-state index in [0.717, 1.165) is 13.0 Å².